The minimum absolute atomic E-state index is 0.0963. The van der Waals surface area contributed by atoms with Crippen LogP contribution in [0.25, 0.3) is 21.8 Å². The Labute approximate surface area is 202 Å². The topological polar surface area (TPSA) is 87.0 Å². The molecule has 178 valence electrons. The second kappa shape index (κ2) is 9.93. The number of carbonyl (C=O) groups is 3. The average Bonchev–Trinajstić information content (AvgIpc) is 3.20. The largest absolute Gasteiger partial charge is 0.497 e. The zero-order valence-electron chi connectivity index (χ0n) is 20.1. The van der Waals surface area contributed by atoms with E-state index >= 15 is 0 Å². The molecule has 1 heterocycles. The maximum atomic E-state index is 13.2. The summed E-state index contributed by atoms with van der Waals surface area (Å²) in [5, 5.41) is 5.47. The first kappa shape index (κ1) is 23.9. The van der Waals surface area contributed by atoms with E-state index in [2.05, 4.69) is 16.6 Å². The first-order valence-electron chi connectivity index (χ1n) is 11.4. The number of carbonyl (C=O) groups excluding carboxylic acids is 3. The molecule has 0 aliphatic heterocycles. The summed E-state index contributed by atoms with van der Waals surface area (Å²) in [6, 6.07) is 18.1. The lowest BCUT2D eigenvalue weighted by atomic mass is 9.99. The summed E-state index contributed by atoms with van der Waals surface area (Å²) in [4.78, 5) is 42.1. The fraction of sp³-hybridized carbons (Fsp3) is 0.214. The van der Waals surface area contributed by atoms with Gasteiger partial charge in [0.2, 0.25) is 5.78 Å². The summed E-state index contributed by atoms with van der Waals surface area (Å²) < 4.78 is 7.33. The Hall–Kier alpha value is -4.26. The first-order valence-corrected chi connectivity index (χ1v) is 11.4. The number of nitrogens with zero attached hydrogens (tertiary/aromatic N) is 2. The molecular weight excluding hydrogens is 444 g/mol. The van der Waals surface area contributed by atoms with Crippen molar-refractivity contribution >= 4 is 45.1 Å². The maximum absolute atomic E-state index is 13.2. The van der Waals surface area contributed by atoms with Crippen molar-refractivity contribution in [3.63, 3.8) is 0 Å². The molecule has 0 aliphatic carbocycles. The van der Waals surface area contributed by atoms with Gasteiger partial charge in [0.05, 0.1) is 7.11 Å². The van der Waals surface area contributed by atoms with Gasteiger partial charge in [-0.25, -0.2) is 4.79 Å². The van der Waals surface area contributed by atoms with Crippen molar-refractivity contribution in [1.29, 1.82) is 0 Å². The lowest BCUT2D eigenvalue weighted by Crippen LogP contribution is -2.14. The average molecular weight is 471 g/mol. The van der Waals surface area contributed by atoms with Crippen LogP contribution in [0.1, 0.15) is 53.5 Å². The van der Waals surface area contributed by atoms with Crippen LogP contribution in [0.15, 0.2) is 65.8 Å². The highest BCUT2D eigenvalue weighted by Gasteiger charge is 2.18. The van der Waals surface area contributed by atoms with Gasteiger partial charge in [0.25, 0.3) is 0 Å². The third-order valence-electron chi connectivity index (χ3n) is 5.94. The predicted molar refractivity (Wildman–Crippen MR) is 135 cm³/mol. The summed E-state index contributed by atoms with van der Waals surface area (Å²) in [6.45, 7) is 5.79. The molecular formula is C28H26N2O5. The third-order valence-corrected chi connectivity index (χ3v) is 5.94. The van der Waals surface area contributed by atoms with E-state index in [0.717, 1.165) is 28.4 Å². The lowest BCUT2D eigenvalue weighted by molar-refractivity contribution is -0.140. The van der Waals surface area contributed by atoms with Crippen LogP contribution in [0.4, 0.5) is 0 Å². The summed E-state index contributed by atoms with van der Waals surface area (Å²) in [7, 11) is 1.58. The standard InChI is InChI=1S/C28H26N2O5/c1-5-24(29-35-17(3)31)28(33)20-10-14-26-23(16-20)22-15-19(9-13-25(22)30(26)6-2)27(32)18-7-11-21(34-4)12-8-18/h7-16H,5-6H2,1-4H3/b29-24+. The van der Waals surface area contributed by atoms with Crippen molar-refractivity contribution in [3.05, 3.63) is 77.4 Å². The number of hydrogen-bond acceptors (Lipinski definition) is 6. The summed E-state index contributed by atoms with van der Waals surface area (Å²) in [5.41, 5.74) is 3.65. The summed E-state index contributed by atoms with van der Waals surface area (Å²) >= 11 is 0. The minimum atomic E-state index is -0.584. The normalized spacial score (nSPS) is 11.6. The van der Waals surface area contributed by atoms with Crippen LogP contribution in [0.2, 0.25) is 0 Å². The molecule has 0 amide bonds. The fourth-order valence-electron chi connectivity index (χ4n) is 4.19. The van der Waals surface area contributed by atoms with Gasteiger partial charge < -0.3 is 14.1 Å². The number of hydrogen-bond donors (Lipinski definition) is 0. The smallest absolute Gasteiger partial charge is 0.331 e. The maximum Gasteiger partial charge on any atom is 0.331 e. The highest BCUT2D eigenvalue weighted by molar-refractivity contribution is 6.46. The zero-order chi connectivity index (χ0) is 25.1. The van der Waals surface area contributed by atoms with E-state index in [0.29, 0.717) is 28.9 Å². The van der Waals surface area contributed by atoms with Crippen molar-refractivity contribution < 1.29 is 24.0 Å². The molecule has 0 spiro atoms. The van der Waals surface area contributed by atoms with Crippen molar-refractivity contribution in [2.45, 2.75) is 33.7 Å². The molecule has 7 nitrogen and oxygen atoms in total. The molecule has 0 radical (unpaired) electrons. The molecule has 0 unspecified atom stereocenters. The Bertz CT molecular complexity index is 1480. The van der Waals surface area contributed by atoms with E-state index in [1.165, 1.54) is 6.92 Å². The molecule has 0 saturated heterocycles. The predicted octanol–water partition coefficient (Wildman–Crippen LogP) is 5.57. The minimum Gasteiger partial charge on any atom is -0.497 e. The Kier molecular flexibility index (Phi) is 6.78. The quantitative estimate of drug-likeness (QED) is 0.145. The number of Topliss-reactive ketones (excluding diaryl/α,β-unsaturated/α-hetero) is 1. The molecule has 35 heavy (non-hydrogen) atoms. The van der Waals surface area contributed by atoms with Gasteiger partial charge in [-0.2, -0.15) is 0 Å². The van der Waals surface area contributed by atoms with Gasteiger partial charge in [0.15, 0.2) is 5.78 Å². The SMILES string of the molecule is CC/C(=N\OC(C)=O)C(=O)c1ccc2c(c1)c1cc(C(=O)c3ccc(OC)cc3)ccc1n2CC. The summed E-state index contributed by atoms with van der Waals surface area (Å²) in [5.74, 6) is -0.303. The van der Waals surface area contributed by atoms with Crippen molar-refractivity contribution in [2.24, 2.45) is 5.16 Å². The van der Waals surface area contributed by atoms with Gasteiger partial charge in [-0.1, -0.05) is 12.1 Å². The van der Waals surface area contributed by atoms with Crippen LogP contribution in [0.5, 0.6) is 5.75 Å². The van der Waals surface area contributed by atoms with Crippen molar-refractivity contribution in [1.82, 2.24) is 4.57 Å². The molecule has 0 bridgehead atoms. The zero-order valence-corrected chi connectivity index (χ0v) is 20.1. The number of methoxy groups -OCH3 is 1. The monoisotopic (exact) mass is 470 g/mol. The van der Waals surface area contributed by atoms with Crippen LogP contribution in [-0.2, 0) is 16.2 Å². The van der Waals surface area contributed by atoms with Crippen LogP contribution in [-0.4, -0.2) is 34.9 Å². The Morgan fingerprint density at radius 2 is 1.40 bits per heavy atom. The molecule has 0 saturated carbocycles. The molecule has 0 aliphatic rings. The highest BCUT2D eigenvalue weighted by Crippen LogP contribution is 2.31. The number of fused-ring (bicyclic) bond motifs is 3. The molecule has 4 rings (SSSR count). The number of aryl methyl sites for hydroxylation is 1. The van der Waals surface area contributed by atoms with Crippen LogP contribution >= 0.6 is 0 Å². The van der Waals surface area contributed by atoms with Crippen LogP contribution in [0, 0.1) is 0 Å². The van der Waals surface area contributed by atoms with Gasteiger partial charge in [0.1, 0.15) is 11.5 Å². The number of ether oxygens (including phenoxy) is 1. The van der Waals surface area contributed by atoms with Crippen LogP contribution < -0.4 is 4.74 Å². The fourth-order valence-corrected chi connectivity index (χ4v) is 4.19. The van der Waals surface area contributed by atoms with Crippen LogP contribution in [0.3, 0.4) is 0 Å². The second-order valence-electron chi connectivity index (χ2n) is 8.07. The van der Waals surface area contributed by atoms with Gasteiger partial charge in [0, 0.05) is 52.0 Å². The van der Waals surface area contributed by atoms with E-state index in [9.17, 15) is 14.4 Å². The first-order chi connectivity index (χ1) is 16.9. The molecule has 0 N–H and O–H groups in total. The number of ketones is 2. The number of benzene rings is 3. The highest BCUT2D eigenvalue weighted by atomic mass is 16.7. The van der Waals surface area contributed by atoms with Gasteiger partial charge in [-0.05, 0) is 74.0 Å². The number of rotatable bonds is 8. The lowest BCUT2D eigenvalue weighted by Gasteiger charge is -2.05. The molecule has 0 atom stereocenters. The van der Waals surface area contributed by atoms with E-state index in [1.807, 2.05) is 30.3 Å². The van der Waals surface area contributed by atoms with E-state index < -0.39 is 5.97 Å². The van der Waals surface area contributed by atoms with Gasteiger partial charge >= 0.3 is 5.97 Å². The molecule has 3 aromatic carbocycles. The summed E-state index contributed by atoms with van der Waals surface area (Å²) in [6.07, 6.45) is 0.321. The Morgan fingerprint density at radius 3 is 1.94 bits per heavy atom. The third kappa shape index (κ3) is 4.57. The van der Waals surface area contributed by atoms with E-state index in [-0.39, 0.29) is 17.3 Å². The van der Waals surface area contributed by atoms with E-state index in [1.54, 1.807) is 44.4 Å². The van der Waals surface area contributed by atoms with Crippen molar-refractivity contribution in [3.8, 4) is 5.75 Å². The Morgan fingerprint density at radius 1 is 0.829 bits per heavy atom. The van der Waals surface area contributed by atoms with Gasteiger partial charge in [-0.15, -0.1) is 0 Å². The van der Waals surface area contributed by atoms with Crippen molar-refractivity contribution in [2.75, 3.05) is 7.11 Å². The number of aromatic nitrogens is 1. The molecule has 0 fully saturated rings. The number of oxime groups is 1. The molecule has 1 aromatic heterocycles. The molecule has 4 aromatic rings. The second-order valence-corrected chi connectivity index (χ2v) is 8.07. The van der Waals surface area contributed by atoms with E-state index in [4.69, 9.17) is 9.57 Å². The molecule has 7 heteroatoms. The Balaban J connectivity index is 1.81. The van der Waals surface area contributed by atoms with Gasteiger partial charge in [-0.3, -0.25) is 9.59 Å².